The molecule has 7 nitrogen and oxygen atoms in total. The van der Waals surface area contributed by atoms with Gasteiger partial charge in [0.15, 0.2) is 0 Å². The summed E-state index contributed by atoms with van der Waals surface area (Å²) in [5.41, 5.74) is 1.66. The van der Waals surface area contributed by atoms with Gasteiger partial charge in [0.25, 0.3) is 5.91 Å². The summed E-state index contributed by atoms with van der Waals surface area (Å²) in [6.07, 6.45) is 1.87. The number of amides is 1. The zero-order valence-corrected chi connectivity index (χ0v) is 16.7. The number of hydrogen-bond acceptors (Lipinski definition) is 5. The van der Waals surface area contributed by atoms with Gasteiger partial charge in [0.2, 0.25) is 10.0 Å². The molecule has 8 heteroatoms. The van der Waals surface area contributed by atoms with Crippen molar-refractivity contribution in [3.8, 4) is 0 Å². The summed E-state index contributed by atoms with van der Waals surface area (Å²) in [6, 6.07) is 7.39. The van der Waals surface area contributed by atoms with Gasteiger partial charge in [0.05, 0.1) is 11.9 Å². The zero-order chi connectivity index (χ0) is 19.3. The summed E-state index contributed by atoms with van der Waals surface area (Å²) >= 11 is 0. The minimum absolute atomic E-state index is 0.0127. The maximum atomic E-state index is 13.0. The summed E-state index contributed by atoms with van der Waals surface area (Å²) in [5.74, 6) is -0.196. The van der Waals surface area contributed by atoms with Crippen molar-refractivity contribution in [3.05, 3.63) is 35.4 Å². The minimum atomic E-state index is -3.38. The Bertz CT molecular complexity index is 724. The second-order valence-electron chi connectivity index (χ2n) is 7.22. The maximum absolute atomic E-state index is 13.0. The van der Waals surface area contributed by atoms with Crippen LogP contribution in [-0.2, 0) is 14.8 Å². The van der Waals surface area contributed by atoms with Crippen molar-refractivity contribution in [2.75, 3.05) is 51.6 Å². The van der Waals surface area contributed by atoms with Crippen LogP contribution < -0.4 is 5.32 Å². The van der Waals surface area contributed by atoms with Gasteiger partial charge in [0.1, 0.15) is 0 Å². The van der Waals surface area contributed by atoms with Gasteiger partial charge in [-0.1, -0.05) is 17.7 Å². The fourth-order valence-corrected chi connectivity index (χ4v) is 4.91. The van der Waals surface area contributed by atoms with Crippen molar-refractivity contribution >= 4 is 15.9 Å². The molecule has 1 amide bonds. The van der Waals surface area contributed by atoms with Crippen LogP contribution in [0.1, 0.15) is 28.8 Å². The van der Waals surface area contributed by atoms with E-state index >= 15 is 0 Å². The monoisotopic (exact) mass is 395 g/mol. The highest BCUT2D eigenvalue weighted by Crippen LogP contribution is 2.16. The van der Waals surface area contributed by atoms with E-state index in [2.05, 4.69) is 5.32 Å². The lowest BCUT2D eigenvalue weighted by Gasteiger charge is -2.29. The molecule has 27 heavy (non-hydrogen) atoms. The number of nitrogens with zero attached hydrogens (tertiary/aromatic N) is 2. The largest absolute Gasteiger partial charge is 0.376 e. The number of rotatable bonds is 7. The predicted molar refractivity (Wildman–Crippen MR) is 104 cm³/mol. The number of benzene rings is 1. The van der Waals surface area contributed by atoms with Crippen LogP contribution in [0.25, 0.3) is 0 Å². The number of carbonyl (C=O) groups is 1. The first-order chi connectivity index (χ1) is 13.0. The van der Waals surface area contributed by atoms with Gasteiger partial charge in [-0.3, -0.25) is 4.79 Å². The number of sulfonamides is 1. The molecular weight excluding hydrogens is 366 g/mol. The van der Waals surface area contributed by atoms with E-state index in [-0.39, 0.29) is 24.3 Å². The Labute approximate surface area is 161 Å². The van der Waals surface area contributed by atoms with Crippen molar-refractivity contribution < 1.29 is 17.9 Å². The highest BCUT2D eigenvalue weighted by Gasteiger charge is 2.28. The minimum Gasteiger partial charge on any atom is -0.376 e. The van der Waals surface area contributed by atoms with Crippen LogP contribution in [0.15, 0.2) is 24.3 Å². The second-order valence-corrected chi connectivity index (χ2v) is 9.31. The van der Waals surface area contributed by atoms with E-state index < -0.39 is 10.0 Å². The van der Waals surface area contributed by atoms with E-state index in [0.29, 0.717) is 44.9 Å². The average Bonchev–Trinajstić information content (AvgIpc) is 3.19. The molecule has 0 aromatic heterocycles. The molecule has 150 valence electrons. The first-order valence-electron chi connectivity index (χ1n) is 9.62. The molecule has 1 atom stereocenters. The Balaban J connectivity index is 1.69. The van der Waals surface area contributed by atoms with Crippen LogP contribution >= 0.6 is 0 Å². The highest BCUT2D eigenvalue weighted by molar-refractivity contribution is 7.89. The van der Waals surface area contributed by atoms with Gasteiger partial charge in [-0.05, 0) is 31.9 Å². The molecule has 0 radical (unpaired) electrons. The van der Waals surface area contributed by atoms with Crippen molar-refractivity contribution in [2.45, 2.75) is 25.9 Å². The lowest BCUT2D eigenvalue weighted by atomic mass is 10.1. The van der Waals surface area contributed by atoms with E-state index in [0.717, 1.165) is 18.4 Å². The molecule has 3 rings (SSSR count). The Morgan fingerprint density at radius 2 is 1.96 bits per heavy atom. The average molecular weight is 396 g/mol. The van der Waals surface area contributed by atoms with Gasteiger partial charge < -0.3 is 15.0 Å². The molecule has 1 aromatic rings. The Hall–Kier alpha value is -1.48. The Morgan fingerprint density at radius 1 is 1.26 bits per heavy atom. The van der Waals surface area contributed by atoms with Crippen LogP contribution in [0, 0.1) is 6.92 Å². The van der Waals surface area contributed by atoms with Crippen molar-refractivity contribution in [3.63, 3.8) is 0 Å². The predicted octanol–water partition coefficient (Wildman–Crippen LogP) is 0.851. The molecule has 2 heterocycles. The molecule has 1 aromatic carbocycles. The molecule has 0 aliphatic carbocycles. The van der Waals surface area contributed by atoms with E-state index in [1.54, 1.807) is 17.0 Å². The molecule has 0 spiro atoms. The van der Waals surface area contributed by atoms with Crippen molar-refractivity contribution in [2.24, 2.45) is 0 Å². The van der Waals surface area contributed by atoms with Crippen LogP contribution in [0.4, 0.5) is 0 Å². The Morgan fingerprint density at radius 3 is 2.59 bits per heavy atom. The molecule has 1 unspecified atom stereocenters. The van der Waals surface area contributed by atoms with E-state index in [9.17, 15) is 13.2 Å². The van der Waals surface area contributed by atoms with Crippen LogP contribution in [0.2, 0.25) is 0 Å². The van der Waals surface area contributed by atoms with Gasteiger partial charge >= 0.3 is 0 Å². The van der Waals surface area contributed by atoms with Crippen LogP contribution in [0.3, 0.4) is 0 Å². The van der Waals surface area contributed by atoms with Crippen LogP contribution in [-0.4, -0.2) is 81.3 Å². The molecule has 2 saturated heterocycles. The summed E-state index contributed by atoms with van der Waals surface area (Å²) in [7, 11) is -3.38. The summed E-state index contributed by atoms with van der Waals surface area (Å²) in [5, 5.41) is 3.16. The lowest BCUT2D eigenvalue weighted by Crippen LogP contribution is -2.49. The van der Waals surface area contributed by atoms with Gasteiger partial charge in [0, 0.05) is 51.4 Å². The second kappa shape index (κ2) is 9.14. The molecule has 0 saturated carbocycles. The number of ether oxygens (including phenoxy) is 1. The summed E-state index contributed by atoms with van der Waals surface area (Å²) in [6.45, 7) is 5.60. The first kappa shape index (κ1) is 20.3. The summed E-state index contributed by atoms with van der Waals surface area (Å²) in [4.78, 5) is 14.6. The highest BCUT2D eigenvalue weighted by atomic mass is 32.2. The van der Waals surface area contributed by atoms with Gasteiger partial charge in [-0.15, -0.1) is 0 Å². The van der Waals surface area contributed by atoms with Crippen molar-refractivity contribution in [1.29, 1.82) is 0 Å². The molecule has 2 fully saturated rings. The third kappa shape index (κ3) is 5.51. The van der Waals surface area contributed by atoms with Crippen LogP contribution in [0.5, 0.6) is 0 Å². The number of aryl methyl sites for hydroxylation is 1. The topological polar surface area (TPSA) is 79.0 Å². The standard InChI is InChI=1S/C19H29N3O4S/c1-16-4-6-17(7-5-16)19(23)21(15-18-3-2-13-26-18)12-14-27(24,25)22-10-8-20-9-11-22/h4-7,18,20H,2-3,8-15H2,1H3. The fraction of sp³-hybridized carbons (Fsp3) is 0.632. The van der Waals surface area contributed by atoms with Crippen molar-refractivity contribution in [1.82, 2.24) is 14.5 Å². The SMILES string of the molecule is Cc1ccc(C(=O)N(CCS(=O)(=O)N2CCNCC2)CC2CCCO2)cc1. The molecule has 2 aliphatic rings. The van der Waals surface area contributed by atoms with E-state index in [4.69, 9.17) is 4.74 Å². The molecule has 1 N–H and O–H groups in total. The number of piperazine rings is 1. The van der Waals surface area contributed by atoms with Gasteiger partial charge in [-0.25, -0.2) is 8.42 Å². The molecular formula is C19H29N3O4S. The number of carbonyl (C=O) groups excluding carboxylic acids is 1. The third-order valence-electron chi connectivity index (χ3n) is 5.12. The lowest BCUT2D eigenvalue weighted by molar-refractivity contribution is 0.0540. The fourth-order valence-electron chi connectivity index (χ4n) is 3.47. The third-order valence-corrected chi connectivity index (χ3v) is 6.97. The van der Waals surface area contributed by atoms with Gasteiger partial charge in [-0.2, -0.15) is 4.31 Å². The van der Waals surface area contributed by atoms with E-state index in [1.165, 1.54) is 4.31 Å². The first-order valence-corrected chi connectivity index (χ1v) is 11.2. The normalized spacial score (nSPS) is 21.3. The molecule has 0 bridgehead atoms. The maximum Gasteiger partial charge on any atom is 0.253 e. The smallest absolute Gasteiger partial charge is 0.253 e. The molecule has 2 aliphatic heterocycles. The summed E-state index contributed by atoms with van der Waals surface area (Å²) < 4.78 is 32.5. The van der Waals surface area contributed by atoms with E-state index in [1.807, 2.05) is 19.1 Å². The Kier molecular flexibility index (Phi) is 6.86. The number of hydrogen-bond donors (Lipinski definition) is 1. The number of nitrogens with one attached hydrogen (secondary N) is 1. The quantitative estimate of drug-likeness (QED) is 0.741. The zero-order valence-electron chi connectivity index (χ0n) is 15.9.